The highest BCUT2D eigenvalue weighted by Gasteiger charge is 2.25. The Hall–Kier alpha value is -5.16. The number of ether oxygens (including phenoxy) is 1. The molecular formula is C32H30N6O2. The van der Waals surface area contributed by atoms with Crippen molar-refractivity contribution in [3.8, 4) is 28.7 Å². The summed E-state index contributed by atoms with van der Waals surface area (Å²) in [5, 5.41) is 13.0. The second-order valence-electron chi connectivity index (χ2n) is 9.62. The third-order valence-corrected chi connectivity index (χ3v) is 6.92. The quantitative estimate of drug-likeness (QED) is 0.219. The Kier molecular flexibility index (Phi) is 8.32. The van der Waals surface area contributed by atoms with Crippen LogP contribution in [0.5, 0.6) is 11.5 Å². The number of nitrogens with zero attached hydrogens (tertiary/aromatic N) is 4. The van der Waals surface area contributed by atoms with E-state index in [-0.39, 0.29) is 11.5 Å². The van der Waals surface area contributed by atoms with E-state index in [1.54, 1.807) is 11.0 Å². The molecular weight excluding hydrogens is 500 g/mol. The van der Waals surface area contributed by atoms with E-state index >= 15 is 0 Å². The fraction of sp³-hybridized carbons (Fsp3) is 0.188. The molecule has 0 unspecified atom stereocenters. The van der Waals surface area contributed by atoms with Crippen molar-refractivity contribution in [3.63, 3.8) is 0 Å². The largest absolute Gasteiger partial charge is 0.457 e. The molecule has 1 fully saturated rings. The minimum atomic E-state index is -0.219. The number of likely N-dealkylation sites (tertiary alicyclic amines) is 1. The summed E-state index contributed by atoms with van der Waals surface area (Å²) in [7, 11) is 0. The summed E-state index contributed by atoms with van der Waals surface area (Å²) >= 11 is 0. The summed E-state index contributed by atoms with van der Waals surface area (Å²) in [4.78, 5) is 23.4. The summed E-state index contributed by atoms with van der Waals surface area (Å²) in [6.07, 6.45) is 4.75. The Labute approximate surface area is 233 Å². The second kappa shape index (κ2) is 12.6. The molecule has 2 heterocycles. The molecule has 0 radical (unpaired) electrons. The molecule has 1 amide bonds. The fourth-order valence-corrected chi connectivity index (χ4v) is 4.74. The lowest BCUT2D eigenvalue weighted by atomic mass is 9.96. The van der Waals surface area contributed by atoms with E-state index in [9.17, 15) is 10.1 Å². The van der Waals surface area contributed by atoms with E-state index < -0.39 is 0 Å². The van der Waals surface area contributed by atoms with Crippen LogP contribution >= 0.6 is 0 Å². The van der Waals surface area contributed by atoms with E-state index in [0.717, 1.165) is 41.0 Å². The van der Waals surface area contributed by atoms with Crippen LogP contribution in [0.3, 0.4) is 0 Å². The summed E-state index contributed by atoms with van der Waals surface area (Å²) < 4.78 is 5.91. The first-order chi connectivity index (χ1) is 19.6. The highest BCUT2D eigenvalue weighted by Crippen LogP contribution is 2.33. The average molecular weight is 531 g/mol. The van der Waals surface area contributed by atoms with E-state index in [1.165, 1.54) is 6.33 Å². The summed E-state index contributed by atoms with van der Waals surface area (Å²) in [6.45, 7) is 1.88. The molecule has 8 heteroatoms. The topological polar surface area (TPSA) is 117 Å². The summed E-state index contributed by atoms with van der Waals surface area (Å²) in [5.41, 5.74) is 8.89. The van der Waals surface area contributed by atoms with Crippen LogP contribution in [-0.2, 0) is 4.79 Å². The third-order valence-electron chi connectivity index (χ3n) is 6.92. The number of nitrogens with one attached hydrogen (secondary N) is 1. The Morgan fingerprint density at radius 2 is 1.62 bits per heavy atom. The van der Waals surface area contributed by atoms with Crippen LogP contribution in [0, 0.1) is 17.2 Å². The van der Waals surface area contributed by atoms with Crippen LogP contribution in [0.25, 0.3) is 17.2 Å². The van der Waals surface area contributed by atoms with Gasteiger partial charge in [0.25, 0.3) is 5.91 Å². The highest BCUT2D eigenvalue weighted by atomic mass is 16.5. The van der Waals surface area contributed by atoms with Gasteiger partial charge in [0, 0.05) is 19.6 Å². The maximum absolute atomic E-state index is 13.0. The van der Waals surface area contributed by atoms with Crippen molar-refractivity contribution < 1.29 is 9.53 Å². The number of nitrogens with two attached hydrogens (primary N) is 1. The molecule has 200 valence electrons. The van der Waals surface area contributed by atoms with Crippen molar-refractivity contribution in [2.75, 3.05) is 30.7 Å². The van der Waals surface area contributed by atoms with Crippen molar-refractivity contribution in [2.45, 2.75) is 12.8 Å². The number of piperidine rings is 1. The standard InChI is InChI=1S/C32H30N6O2/c33-20-26(19-23-7-3-1-4-8-23)32(39)38-17-15-24(16-18-38)21-35-31-29(30(34)36-22-37-31)25-11-13-28(14-12-25)40-27-9-5-2-6-10-27/h1-14,19,22,24H,15-18,21H2,(H3,34,35,36,37)/b26-19+. The molecule has 1 aliphatic rings. The third kappa shape index (κ3) is 6.45. The number of nitriles is 1. The number of amides is 1. The number of hydrogen-bond acceptors (Lipinski definition) is 7. The van der Waals surface area contributed by atoms with E-state index in [0.29, 0.717) is 37.2 Å². The first kappa shape index (κ1) is 26.4. The monoisotopic (exact) mass is 530 g/mol. The molecule has 4 aromatic rings. The molecule has 0 spiro atoms. The van der Waals surface area contributed by atoms with Crippen LogP contribution in [0.4, 0.5) is 11.6 Å². The van der Waals surface area contributed by atoms with Gasteiger partial charge in [-0.05, 0) is 60.2 Å². The number of carbonyl (C=O) groups is 1. The zero-order chi connectivity index (χ0) is 27.7. The predicted molar refractivity (Wildman–Crippen MR) is 156 cm³/mol. The minimum Gasteiger partial charge on any atom is -0.457 e. The van der Waals surface area contributed by atoms with Crippen LogP contribution in [-0.4, -0.2) is 40.4 Å². The molecule has 5 rings (SSSR count). The predicted octanol–water partition coefficient (Wildman–Crippen LogP) is 5.78. The lowest BCUT2D eigenvalue weighted by Gasteiger charge is -2.32. The van der Waals surface area contributed by atoms with Gasteiger partial charge in [-0.25, -0.2) is 9.97 Å². The molecule has 0 atom stereocenters. The second-order valence-corrected chi connectivity index (χ2v) is 9.62. The van der Waals surface area contributed by atoms with Gasteiger partial charge in [-0.3, -0.25) is 4.79 Å². The molecule has 0 saturated carbocycles. The van der Waals surface area contributed by atoms with Gasteiger partial charge in [-0.2, -0.15) is 5.26 Å². The smallest absolute Gasteiger partial charge is 0.264 e. The Bertz CT molecular complexity index is 1510. The Morgan fingerprint density at radius 3 is 2.30 bits per heavy atom. The number of carbonyl (C=O) groups excluding carboxylic acids is 1. The first-order valence-corrected chi connectivity index (χ1v) is 13.2. The van der Waals surface area contributed by atoms with Crippen LogP contribution in [0.15, 0.2) is 96.8 Å². The van der Waals surface area contributed by atoms with Gasteiger partial charge in [0.2, 0.25) is 0 Å². The van der Waals surface area contributed by atoms with Crippen molar-refractivity contribution in [3.05, 3.63) is 102 Å². The Balaban J connectivity index is 1.19. The number of rotatable bonds is 8. The average Bonchev–Trinajstić information content (AvgIpc) is 3.00. The van der Waals surface area contributed by atoms with Gasteiger partial charge in [0.1, 0.15) is 41.1 Å². The van der Waals surface area contributed by atoms with Crippen molar-refractivity contribution >= 4 is 23.6 Å². The molecule has 1 aromatic heterocycles. The van der Waals surface area contributed by atoms with Gasteiger partial charge >= 0.3 is 0 Å². The zero-order valence-corrected chi connectivity index (χ0v) is 22.0. The van der Waals surface area contributed by atoms with Crippen LogP contribution < -0.4 is 15.8 Å². The molecule has 1 saturated heterocycles. The zero-order valence-electron chi connectivity index (χ0n) is 22.0. The van der Waals surface area contributed by atoms with Gasteiger partial charge < -0.3 is 20.7 Å². The van der Waals surface area contributed by atoms with E-state index in [1.807, 2.05) is 84.9 Å². The molecule has 3 aromatic carbocycles. The van der Waals surface area contributed by atoms with Crippen molar-refractivity contribution in [1.29, 1.82) is 5.26 Å². The maximum atomic E-state index is 13.0. The van der Waals surface area contributed by atoms with Crippen LogP contribution in [0.2, 0.25) is 0 Å². The van der Waals surface area contributed by atoms with Gasteiger partial charge in [0.15, 0.2) is 0 Å². The molecule has 8 nitrogen and oxygen atoms in total. The van der Waals surface area contributed by atoms with E-state index in [4.69, 9.17) is 10.5 Å². The first-order valence-electron chi connectivity index (χ1n) is 13.2. The highest BCUT2D eigenvalue weighted by molar-refractivity contribution is 6.01. The number of hydrogen-bond donors (Lipinski definition) is 2. The van der Waals surface area contributed by atoms with Gasteiger partial charge in [-0.15, -0.1) is 0 Å². The van der Waals surface area contributed by atoms with Crippen molar-refractivity contribution in [1.82, 2.24) is 14.9 Å². The van der Waals surface area contributed by atoms with Crippen molar-refractivity contribution in [2.24, 2.45) is 5.92 Å². The van der Waals surface area contributed by atoms with Crippen LogP contribution in [0.1, 0.15) is 18.4 Å². The SMILES string of the molecule is N#C/C(=C\c1ccccc1)C(=O)N1CCC(CNc2ncnc(N)c2-c2ccc(Oc3ccccc3)cc2)CC1. The summed E-state index contributed by atoms with van der Waals surface area (Å²) in [6, 6.07) is 28.8. The molecule has 0 bridgehead atoms. The molecule has 0 aliphatic carbocycles. The fourth-order valence-electron chi connectivity index (χ4n) is 4.74. The molecule has 40 heavy (non-hydrogen) atoms. The minimum absolute atomic E-state index is 0.157. The maximum Gasteiger partial charge on any atom is 0.264 e. The molecule has 1 aliphatic heterocycles. The van der Waals surface area contributed by atoms with Gasteiger partial charge in [-0.1, -0.05) is 60.7 Å². The number of anilines is 2. The number of para-hydroxylation sites is 1. The normalized spacial score (nSPS) is 13.9. The number of nitrogen functional groups attached to an aromatic ring is 1. The number of aromatic nitrogens is 2. The van der Waals surface area contributed by atoms with Gasteiger partial charge in [0.05, 0.1) is 5.56 Å². The number of benzene rings is 3. The lowest BCUT2D eigenvalue weighted by molar-refractivity contribution is -0.127. The Morgan fingerprint density at radius 1 is 0.975 bits per heavy atom. The van der Waals surface area contributed by atoms with E-state index in [2.05, 4.69) is 21.4 Å². The molecule has 3 N–H and O–H groups in total. The summed E-state index contributed by atoms with van der Waals surface area (Å²) in [5.74, 6) is 2.68. The lowest BCUT2D eigenvalue weighted by Crippen LogP contribution is -2.40.